The number of nitrogens with zero attached hydrogens (tertiary/aromatic N) is 9. The summed E-state index contributed by atoms with van der Waals surface area (Å²) in [5.41, 5.74) is 23.6. The van der Waals surface area contributed by atoms with Gasteiger partial charge in [0.2, 0.25) is 0 Å². The lowest BCUT2D eigenvalue weighted by atomic mass is 10.0. The van der Waals surface area contributed by atoms with Crippen LogP contribution in [0.3, 0.4) is 0 Å². The molecule has 0 spiro atoms. The van der Waals surface area contributed by atoms with Crippen LogP contribution in [0.25, 0.3) is 182 Å². The van der Waals surface area contributed by atoms with Crippen LogP contribution in [0.4, 0.5) is 0 Å². The largest absolute Gasteiger partial charge is 0.309 e. The molecular weight excluding hydrogens is 1160 g/mol. The van der Waals surface area contributed by atoms with Gasteiger partial charge in [-0.2, -0.15) is 0 Å². The summed E-state index contributed by atoms with van der Waals surface area (Å²) < 4.78 is 17.4. The van der Waals surface area contributed by atoms with E-state index in [0.29, 0.717) is 0 Å². The Hall–Kier alpha value is -13.0. The van der Waals surface area contributed by atoms with Crippen molar-refractivity contribution in [1.29, 1.82) is 0 Å². The average molecular weight is 1210 g/mol. The average Bonchev–Trinajstić information content (AvgIpc) is 1.57. The molecule has 0 unspecified atom stereocenters. The van der Waals surface area contributed by atoms with Crippen LogP contribution < -0.4 is 0 Å². The monoisotopic (exact) mass is 1210 g/mol. The quantitative estimate of drug-likeness (QED) is 0.152. The molecule has 0 aliphatic carbocycles. The number of fused-ring (bicyclic) bond motifs is 17. The number of imidazole rings is 2. The van der Waals surface area contributed by atoms with Crippen molar-refractivity contribution in [2.24, 2.45) is 0 Å². The molecule has 21 rings (SSSR count). The van der Waals surface area contributed by atoms with E-state index in [9.17, 15) is 0 Å². The van der Waals surface area contributed by atoms with E-state index < -0.39 is 0 Å². The van der Waals surface area contributed by atoms with Crippen LogP contribution in [0.15, 0.2) is 322 Å². The maximum Gasteiger partial charge on any atom is 0.101 e. The van der Waals surface area contributed by atoms with Crippen LogP contribution in [0, 0.1) is 0 Å². The Kier molecular flexibility index (Phi) is 10.8. The second-order valence-electron chi connectivity index (χ2n) is 24.9. The predicted molar refractivity (Wildman–Crippen MR) is 393 cm³/mol. The first-order valence-electron chi connectivity index (χ1n) is 32.4. The van der Waals surface area contributed by atoms with Crippen LogP contribution in [-0.4, -0.2) is 41.9 Å². The van der Waals surface area contributed by atoms with Gasteiger partial charge < -0.3 is 22.8 Å². The fourth-order valence-corrected chi connectivity index (χ4v) is 16.1. The lowest BCUT2D eigenvalue weighted by Crippen LogP contribution is -2.20. The molecule has 9 heteroatoms. The summed E-state index contributed by atoms with van der Waals surface area (Å²) in [7, 11) is 0. The third-order valence-electron chi connectivity index (χ3n) is 20.1. The summed E-state index contributed by atoms with van der Waals surface area (Å²) in [6, 6.07) is 114. The standard InChI is InChI=1S/C86H53N9/c1-2-24-56(25-3-1)91-69-36-14-10-32-63(69)65-50-54(46-48-77(65)91)55-47-49-78-66(51-55)64-33-11-21-43-76(64)95(78)86-84(93-72-39-17-6-28-59(72)60-29-7-18-40-73(60)93)81(89-52-87-67-34-12-22-44-79(67)89)83(92-70-37-15-4-26-57(70)58-27-5-16-38-71(58)92)82(90-53-88-68-35-13-23-45-80(68)90)85(86)94-74-41-19-8-30-61(74)62-31-9-20-42-75(62)94/h1-53H. The van der Waals surface area contributed by atoms with Gasteiger partial charge in [0.15, 0.2) is 0 Å². The highest BCUT2D eigenvalue weighted by molar-refractivity contribution is 6.18. The molecule has 95 heavy (non-hydrogen) atoms. The molecule has 7 aromatic heterocycles. The number of benzene rings is 14. The Balaban J connectivity index is 1.03. The molecule has 0 aliphatic heterocycles. The van der Waals surface area contributed by atoms with Crippen LogP contribution in [0.5, 0.6) is 0 Å². The molecule has 0 amide bonds. The van der Waals surface area contributed by atoms with Crippen molar-refractivity contribution in [3.8, 4) is 50.9 Å². The van der Waals surface area contributed by atoms with Crippen LogP contribution in [0.1, 0.15) is 0 Å². The van der Waals surface area contributed by atoms with E-state index in [-0.39, 0.29) is 0 Å². The van der Waals surface area contributed by atoms with E-state index in [1.54, 1.807) is 0 Å². The molecule has 21 aromatic rings. The van der Waals surface area contributed by atoms with Gasteiger partial charge in [0.25, 0.3) is 0 Å². The minimum Gasteiger partial charge on any atom is -0.309 e. The van der Waals surface area contributed by atoms with Crippen molar-refractivity contribution in [2.75, 3.05) is 0 Å². The molecular formula is C86H53N9. The van der Waals surface area contributed by atoms with E-state index in [0.717, 1.165) is 160 Å². The highest BCUT2D eigenvalue weighted by Gasteiger charge is 2.37. The first-order valence-corrected chi connectivity index (χ1v) is 32.4. The normalized spacial score (nSPS) is 12.2. The fraction of sp³-hybridized carbons (Fsp3) is 0. The zero-order valence-electron chi connectivity index (χ0n) is 51.1. The smallest absolute Gasteiger partial charge is 0.101 e. The highest BCUT2D eigenvalue weighted by Crippen LogP contribution is 2.53. The summed E-state index contributed by atoms with van der Waals surface area (Å²) in [5.74, 6) is 0. The maximum absolute atomic E-state index is 5.38. The summed E-state index contributed by atoms with van der Waals surface area (Å²) in [6.45, 7) is 0. The molecule has 14 aromatic carbocycles. The number of para-hydroxylation sites is 13. The topological polar surface area (TPSA) is 60.3 Å². The van der Waals surface area contributed by atoms with Gasteiger partial charge in [0.05, 0.1) is 111 Å². The zero-order valence-corrected chi connectivity index (χ0v) is 51.1. The second kappa shape index (κ2) is 19.8. The molecule has 0 radical (unpaired) electrons. The molecule has 0 saturated heterocycles. The van der Waals surface area contributed by atoms with Crippen LogP contribution in [-0.2, 0) is 0 Å². The van der Waals surface area contributed by atoms with Crippen LogP contribution >= 0.6 is 0 Å². The van der Waals surface area contributed by atoms with Crippen molar-refractivity contribution in [3.63, 3.8) is 0 Å². The van der Waals surface area contributed by atoms with Crippen molar-refractivity contribution < 1.29 is 0 Å². The summed E-state index contributed by atoms with van der Waals surface area (Å²) >= 11 is 0. The number of rotatable bonds is 8. The Morgan fingerprint density at radius 2 is 0.421 bits per heavy atom. The third-order valence-corrected chi connectivity index (χ3v) is 20.1. The van der Waals surface area contributed by atoms with E-state index in [1.807, 2.05) is 0 Å². The molecule has 7 heterocycles. The molecule has 0 bridgehead atoms. The first-order chi connectivity index (χ1) is 47.2. The second-order valence-corrected chi connectivity index (χ2v) is 24.9. The van der Waals surface area contributed by atoms with Gasteiger partial charge in [-0.15, -0.1) is 0 Å². The Morgan fingerprint density at radius 3 is 0.768 bits per heavy atom. The van der Waals surface area contributed by atoms with Gasteiger partial charge in [-0.05, 0) is 120 Å². The highest BCUT2D eigenvalue weighted by atomic mass is 15.2. The van der Waals surface area contributed by atoms with E-state index >= 15 is 0 Å². The Morgan fingerprint density at radius 1 is 0.179 bits per heavy atom. The predicted octanol–water partition coefficient (Wildman–Crippen LogP) is 21.5. The lowest BCUT2D eigenvalue weighted by molar-refractivity contribution is 0.946. The summed E-state index contributed by atoms with van der Waals surface area (Å²) in [4.78, 5) is 10.8. The molecule has 0 saturated carbocycles. The van der Waals surface area contributed by atoms with Crippen molar-refractivity contribution in [2.45, 2.75) is 0 Å². The van der Waals surface area contributed by atoms with Gasteiger partial charge in [-0.3, -0.25) is 9.13 Å². The van der Waals surface area contributed by atoms with Gasteiger partial charge >= 0.3 is 0 Å². The Labute approximate surface area is 542 Å². The van der Waals surface area contributed by atoms with E-state index in [4.69, 9.17) is 9.97 Å². The minimum atomic E-state index is 0.878. The maximum atomic E-state index is 5.38. The van der Waals surface area contributed by atoms with Gasteiger partial charge in [-0.25, -0.2) is 9.97 Å². The number of hydrogen-bond acceptors (Lipinski definition) is 2. The van der Waals surface area contributed by atoms with Crippen molar-refractivity contribution in [3.05, 3.63) is 322 Å². The first kappa shape index (κ1) is 51.7. The van der Waals surface area contributed by atoms with Gasteiger partial charge in [0.1, 0.15) is 12.7 Å². The van der Waals surface area contributed by atoms with Crippen LogP contribution in [0.2, 0.25) is 0 Å². The molecule has 0 fully saturated rings. The molecule has 0 atom stereocenters. The van der Waals surface area contributed by atoms with E-state index in [2.05, 4.69) is 354 Å². The SMILES string of the molecule is c1ccc(-n2c3ccccc3c3cc(-c4ccc5c(c4)c4ccccc4n5-c4c(-n5c6ccccc6c6ccccc65)c(-n5cnc6ccccc65)c(-n5c6ccccc6c6ccccc65)c(-n5cnc6ccccc65)c4-n4c5ccccc5c5ccccc54)ccc32)cc1. The molecule has 0 N–H and O–H groups in total. The molecule has 9 nitrogen and oxygen atoms in total. The third kappa shape index (κ3) is 7.20. The van der Waals surface area contributed by atoms with Crippen molar-refractivity contribution in [1.82, 2.24) is 41.9 Å². The Bertz CT molecular complexity index is 6420. The van der Waals surface area contributed by atoms with E-state index in [1.165, 1.54) is 21.8 Å². The van der Waals surface area contributed by atoms with Gasteiger partial charge in [0, 0.05) is 59.5 Å². The van der Waals surface area contributed by atoms with Gasteiger partial charge in [-0.1, -0.05) is 200 Å². The number of aromatic nitrogens is 9. The molecule has 442 valence electrons. The zero-order chi connectivity index (χ0) is 62.0. The molecule has 0 aliphatic rings. The minimum absolute atomic E-state index is 0.878. The summed E-state index contributed by atoms with van der Waals surface area (Å²) in [6.07, 6.45) is 4.11. The lowest BCUT2D eigenvalue weighted by Gasteiger charge is -2.31. The number of hydrogen-bond donors (Lipinski definition) is 0. The summed E-state index contributed by atoms with van der Waals surface area (Å²) in [5, 5.41) is 11.6. The fourth-order valence-electron chi connectivity index (χ4n) is 16.1. The van der Waals surface area contributed by atoms with Crippen molar-refractivity contribution >= 4 is 131 Å².